The minimum absolute atomic E-state index is 0.172. The Labute approximate surface area is 130 Å². The number of aliphatic hydroxyl groups is 1. The van der Waals surface area contributed by atoms with Gasteiger partial charge in [0.2, 0.25) is 0 Å². The third-order valence-electron chi connectivity index (χ3n) is 5.33. The lowest BCUT2D eigenvalue weighted by Gasteiger charge is -2.41. The second-order valence-corrected chi connectivity index (χ2v) is 9.00. The third kappa shape index (κ3) is 3.69. The summed E-state index contributed by atoms with van der Waals surface area (Å²) in [6, 6.07) is 8.64. The molecule has 2 rings (SSSR count). The molecule has 0 aliphatic heterocycles. The standard InChI is InChI=1S/C20H32O/c1-18(2,3)15-7-9-17(10-8-15)20(21)13-11-16(12-14-20)19(4,5)6/h7-10,16,21H,11-14H2,1-6H3. The third-order valence-corrected chi connectivity index (χ3v) is 5.33. The van der Waals surface area contributed by atoms with Crippen LogP contribution in [0.5, 0.6) is 0 Å². The lowest BCUT2D eigenvalue weighted by Crippen LogP contribution is -2.35. The zero-order valence-corrected chi connectivity index (χ0v) is 14.7. The van der Waals surface area contributed by atoms with E-state index in [1.165, 1.54) is 5.56 Å². The molecule has 0 aromatic heterocycles. The highest BCUT2D eigenvalue weighted by Gasteiger charge is 2.38. The molecule has 1 aliphatic carbocycles. The number of rotatable bonds is 1. The number of hydrogen-bond donors (Lipinski definition) is 1. The smallest absolute Gasteiger partial charge is 0.0896 e. The van der Waals surface area contributed by atoms with Crippen molar-refractivity contribution >= 4 is 0 Å². The maximum atomic E-state index is 11.0. The number of benzene rings is 1. The Morgan fingerprint density at radius 1 is 0.905 bits per heavy atom. The van der Waals surface area contributed by atoms with Gasteiger partial charge in [0.1, 0.15) is 0 Å². The van der Waals surface area contributed by atoms with Crippen LogP contribution in [-0.2, 0) is 11.0 Å². The van der Waals surface area contributed by atoms with Gasteiger partial charge in [-0.05, 0) is 53.6 Å². The first-order valence-corrected chi connectivity index (χ1v) is 8.36. The van der Waals surface area contributed by atoms with Gasteiger partial charge in [-0.15, -0.1) is 0 Å². The fraction of sp³-hybridized carbons (Fsp3) is 0.700. The molecule has 118 valence electrons. The van der Waals surface area contributed by atoms with Gasteiger partial charge in [0.25, 0.3) is 0 Å². The summed E-state index contributed by atoms with van der Waals surface area (Å²) in [7, 11) is 0. The summed E-state index contributed by atoms with van der Waals surface area (Å²) < 4.78 is 0. The molecule has 1 nitrogen and oxygen atoms in total. The van der Waals surface area contributed by atoms with Crippen molar-refractivity contribution in [3.8, 4) is 0 Å². The molecular formula is C20H32O. The van der Waals surface area contributed by atoms with E-state index in [0.29, 0.717) is 5.41 Å². The quantitative estimate of drug-likeness (QED) is 0.732. The Balaban J connectivity index is 2.12. The minimum Gasteiger partial charge on any atom is -0.385 e. The average Bonchev–Trinajstić information content (AvgIpc) is 2.37. The first-order valence-electron chi connectivity index (χ1n) is 8.36. The van der Waals surface area contributed by atoms with Crippen LogP contribution < -0.4 is 0 Å². The van der Waals surface area contributed by atoms with Crippen molar-refractivity contribution in [1.29, 1.82) is 0 Å². The van der Waals surface area contributed by atoms with Crippen molar-refractivity contribution in [2.24, 2.45) is 11.3 Å². The van der Waals surface area contributed by atoms with E-state index in [2.05, 4.69) is 65.8 Å². The van der Waals surface area contributed by atoms with Crippen LogP contribution in [0.3, 0.4) is 0 Å². The van der Waals surface area contributed by atoms with Crippen LogP contribution in [0.1, 0.15) is 78.4 Å². The Kier molecular flexibility index (Phi) is 4.28. The van der Waals surface area contributed by atoms with Gasteiger partial charge in [-0.2, -0.15) is 0 Å². The van der Waals surface area contributed by atoms with Gasteiger partial charge >= 0.3 is 0 Å². The predicted octanol–water partition coefficient (Wildman–Crippen LogP) is 5.41. The summed E-state index contributed by atoms with van der Waals surface area (Å²) in [5, 5.41) is 11.0. The Hall–Kier alpha value is -0.820. The normalized spacial score (nSPS) is 27.7. The predicted molar refractivity (Wildman–Crippen MR) is 90.5 cm³/mol. The summed E-state index contributed by atoms with van der Waals surface area (Å²) in [5.74, 6) is 0.728. The number of hydrogen-bond acceptors (Lipinski definition) is 1. The van der Waals surface area contributed by atoms with E-state index in [9.17, 15) is 5.11 Å². The monoisotopic (exact) mass is 288 g/mol. The molecule has 0 bridgehead atoms. The van der Waals surface area contributed by atoms with Gasteiger partial charge in [-0.3, -0.25) is 0 Å². The molecule has 0 unspecified atom stereocenters. The van der Waals surface area contributed by atoms with Gasteiger partial charge < -0.3 is 5.11 Å². The first kappa shape index (κ1) is 16.5. The van der Waals surface area contributed by atoms with E-state index in [-0.39, 0.29) is 5.41 Å². The van der Waals surface area contributed by atoms with Gasteiger partial charge in [-0.25, -0.2) is 0 Å². The van der Waals surface area contributed by atoms with Crippen molar-refractivity contribution in [1.82, 2.24) is 0 Å². The highest BCUT2D eigenvalue weighted by atomic mass is 16.3. The van der Waals surface area contributed by atoms with E-state index in [1.807, 2.05) is 0 Å². The van der Waals surface area contributed by atoms with E-state index in [4.69, 9.17) is 0 Å². The Morgan fingerprint density at radius 3 is 1.76 bits per heavy atom. The summed E-state index contributed by atoms with van der Waals surface area (Å²) in [6.07, 6.45) is 4.04. The van der Waals surface area contributed by atoms with Crippen LogP contribution in [0.25, 0.3) is 0 Å². The lowest BCUT2D eigenvalue weighted by molar-refractivity contribution is -0.0298. The van der Waals surface area contributed by atoms with Crippen LogP contribution >= 0.6 is 0 Å². The highest BCUT2D eigenvalue weighted by molar-refractivity contribution is 5.31. The molecule has 0 radical (unpaired) electrons. The zero-order valence-electron chi connectivity index (χ0n) is 14.7. The first-order chi connectivity index (χ1) is 9.52. The summed E-state index contributed by atoms with van der Waals surface area (Å²) in [4.78, 5) is 0. The van der Waals surface area contributed by atoms with E-state index < -0.39 is 5.60 Å². The van der Waals surface area contributed by atoms with E-state index >= 15 is 0 Å². The Bertz CT molecular complexity index is 462. The zero-order chi connectivity index (χ0) is 15.9. The molecule has 1 fully saturated rings. The molecule has 0 saturated heterocycles. The minimum atomic E-state index is -0.613. The van der Waals surface area contributed by atoms with Crippen LogP contribution in [0, 0.1) is 11.3 Å². The maximum absolute atomic E-state index is 11.0. The fourth-order valence-corrected chi connectivity index (χ4v) is 3.53. The fourth-order valence-electron chi connectivity index (χ4n) is 3.53. The van der Waals surface area contributed by atoms with Gasteiger partial charge in [0, 0.05) is 0 Å². The van der Waals surface area contributed by atoms with Crippen LogP contribution in [-0.4, -0.2) is 5.11 Å². The van der Waals surface area contributed by atoms with Crippen molar-refractivity contribution in [2.45, 2.75) is 78.2 Å². The molecular weight excluding hydrogens is 256 g/mol. The SMILES string of the molecule is CC(C)(C)c1ccc(C2(O)CCC(C(C)(C)C)CC2)cc1. The highest BCUT2D eigenvalue weighted by Crippen LogP contribution is 2.45. The van der Waals surface area contributed by atoms with E-state index in [0.717, 1.165) is 37.2 Å². The summed E-state index contributed by atoms with van der Waals surface area (Å²) in [5.41, 5.74) is 2.35. The summed E-state index contributed by atoms with van der Waals surface area (Å²) in [6.45, 7) is 13.6. The molecule has 0 heterocycles. The van der Waals surface area contributed by atoms with Crippen LogP contribution in [0.4, 0.5) is 0 Å². The van der Waals surface area contributed by atoms with Crippen molar-refractivity contribution in [3.05, 3.63) is 35.4 Å². The van der Waals surface area contributed by atoms with Gasteiger partial charge in [0.05, 0.1) is 5.60 Å². The molecule has 1 aliphatic rings. The average molecular weight is 288 g/mol. The van der Waals surface area contributed by atoms with Gasteiger partial charge in [-0.1, -0.05) is 65.8 Å². The molecule has 0 atom stereocenters. The van der Waals surface area contributed by atoms with Crippen molar-refractivity contribution in [3.63, 3.8) is 0 Å². The maximum Gasteiger partial charge on any atom is 0.0896 e. The molecule has 1 aromatic carbocycles. The molecule has 21 heavy (non-hydrogen) atoms. The Morgan fingerprint density at radius 2 is 1.38 bits per heavy atom. The summed E-state index contributed by atoms with van der Waals surface area (Å²) >= 11 is 0. The second kappa shape index (κ2) is 5.43. The lowest BCUT2D eigenvalue weighted by atomic mass is 9.67. The molecule has 0 spiro atoms. The largest absolute Gasteiger partial charge is 0.385 e. The van der Waals surface area contributed by atoms with Crippen LogP contribution in [0.15, 0.2) is 24.3 Å². The van der Waals surface area contributed by atoms with E-state index in [1.54, 1.807) is 0 Å². The van der Waals surface area contributed by atoms with Gasteiger partial charge in [0.15, 0.2) is 0 Å². The molecule has 1 heteroatoms. The van der Waals surface area contributed by atoms with Crippen molar-refractivity contribution in [2.75, 3.05) is 0 Å². The van der Waals surface area contributed by atoms with Crippen molar-refractivity contribution < 1.29 is 5.11 Å². The topological polar surface area (TPSA) is 20.2 Å². The molecule has 1 aromatic rings. The van der Waals surface area contributed by atoms with Crippen LogP contribution in [0.2, 0.25) is 0 Å². The molecule has 1 saturated carbocycles. The second-order valence-electron chi connectivity index (χ2n) is 9.00. The molecule has 0 amide bonds. The molecule has 1 N–H and O–H groups in total.